The van der Waals surface area contributed by atoms with E-state index in [-0.39, 0.29) is 11.3 Å². The number of nitrogens with zero attached hydrogens (tertiary/aromatic N) is 1. The number of nitro groups is 1. The summed E-state index contributed by atoms with van der Waals surface area (Å²) >= 11 is 4.44. The number of carbonyl (C=O) groups excluding carboxylic acids is 2. The normalized spacial score (nSPS) is 10.0. The van der Waals surface area contributed by atoms with Crippen LogP contribution in [-0.4, -0.2) is 23.8 Å². The minimum absolute atomic E-state index is 0.0587. The molecule has 0 unspecified atom stereocenters. The molecule has 0 bridgehead atoms. The summed E-state index contributed by atoms with van der Waals surface area (Å²) in [5.74, 6) is -1.13. The van der Waals surface area contributed by atoms with E-state index < -0.39 is 16.7 Å². The summed E-state index contributed by atoms with van der Waals surface area (Å²) in [6, 6.07) is 7.28. The molecule has 2 aromatic rings. The van der Waals surface area contributed by atoms with Gasteiger partial charge in [-0.05, 0) is 40.2 Å². The van der Waals surface area contributed by atoms with Gasteiger partial charge in [-0.2, -0.15) is 0 Å². The minimum Gasteiger partial charge on any atom is -0.383 e. The predicted octanol–water partition coefficient (Wildman–Crippen LogP) is 2.54. The van der Waals surface area contributed by atoms with Gasteiger partial charge in [0, 0.05) is 18.7 Å². The van der Waals surface area contributed by atoms with Crippen molar-refractivity contribution >= 4 is 50.5 Å². The highest BCUT2D eigenvalue weighted by molar-refractivity contribution is 9.11. The molecule has 0 atom stereocenters. The van der Waals surface area contributed by atoms with Crippen molar-refractivity contribution in [3.8, 4) is 0 Å². The SMILES string of the molecule is CNc1ccc(C(=O)NNC(=O)c2ccc(Br)s2)cc1[N+](=O)[O-]. The molecule has 3 N–H and O–H groups in total. The van der Waals surface area contributed by atoms with E-state index in [9.17, 15) is 19.7 Å². The molecule has 120 valence electrons. The fraction of sp³-hybridized carbons (Fsp3) is 0.0769. The van der Waals surface area contributed by atoms with Gasteiger partial charge in [0.1, 0.15) is 5.69 Å². The molecular formula is C13H11BrN4O4S. The molecule has 1 aromatic heterocycles. The van der Waals surface area contributed by atoms with E-state index >= 15 is 0 Å². The summed E-state index contributed by atoms with van der Waals surface area (Å²) in [6.45, 7) is 0. The van der Waals surface area contributed by atoms with Gasteiger partial charge in [-0.15, -0.1) is 11.3 Å². The fourth-order valence-corrected chi connectivity index (χ4v) is 3.00. The largest absolute Gasteiger partial charge is 0.383 e. The lowest BCUT2D eigenvalue weighted by molar-refractivity contribution is -0.384. The van der Waals surface area contributed by atoms with Crippen LogP contribution in [0.5, 0.6) is 0 Å². The molecule has 8 nitrogen and oxygen atoms in total. The number of hydrogen-bond acceptors (Lipinski definition) is 6. The lowest BCUT2D eigenvalue weighted by Crippen LogP contribution is -2.41. The smallest absolute Gasteiger partial charge is 0.293 e. The Morgan fingerprint density at radius 1 is 1.17 bits per heavy atom. The zero-order valence-electron chi connectivity index (χ0n) is 11.8. The van der Waals surface area contributed by atoms with Crippen molar-refractivity contribution < 1.29 is 14.5 Å². The molecule has 0 fully saturated rings. The van der Waals surface area contributed by atoms with E-state index in [4.69, 9.17) is 0 Å². The van der Waals surface area contributed by atoms with Gasteiger partial charge in [-0.25, -0.2) is 0 Å². The monoisotopic (exact) mass is 398 g/mol. The van der Waals surface area contributed by atoms with Crippen molar-refractivity contribution in [3.05, 3.63) is 54.7 Å². The van der Waals surface area contributed by atoms with E-state index in [1.165, 1.54) is 23.5 Å². The van der Waals surface area contributed by atoms with Crippen molar-refractivity contribution in [2.24, 2.45) is 0 Å². The third-order valence-corrected chi connectivity index (χ3v) is 4.43. The van der Waals surface area contributed by atoms with Crippen LogP contribution < -0.4 is 16.2 Å². The standard InChI is InChI=1S/C13H11BrN4O4S/c1-15-8-3-2-7(6-9(8)18(21)22)12(19)16-17-13(20)10-4-5-11(14)23-10/h2-6,15H,1H3,(H,16,19)(H,17,20). The Morgan fingerprint density at radius 3 is 2.43 bits per heavy atom. The quantitative estimate of drug-likeness (QED) is 0.540. The van der Waals surface area contributed by atoms with Crippen LogP contribution in [-0.2, 0) is 0 Å². The average molecular weight is 399 g/mol. The molecular weight excluding hydrogens is 388 g/mol. The first-order valence-electron chi connectivity index (χ1n) is 6.24. The maximum Gasteiger partial charge on any atom is 0.293 e. The molecule has 2 amide bonds. The van der Waals surface area contributed by atoms with E-state index in [0.717, 1.165) is 9.85 Å². The second-order valence-corrected chi connectivity index (χ2v) is 6.71. The zero-order chi connectivity index (χ0) is 17.0. The summed E-state index contributed by atoms with van der Waals surface area (Å²) in [7, 11) is 1.54. The predicted molar refractivity (Wildman–Crippen MR) is 89.6 cm³/mol. The number of hydrazine groups is 1. The number of nitrogens with one attached hydrogen (secondary N) is 3. The van der Waals surface area contributed by atoms with E-state index in [2.05, 4.69) is 32.1 Å². The van der Waals surface area contributed by atoms with Gasteiger partial charge < -0.3 is 5.32 Å². The van der Waals surface area contributed by atoms with Crippen molar-refractivity contribution in [3.63, 3.8) is 0 Å². The Hall–Kier alpha value is -2.46. The Bertz CT molecular complexity index is 777. The Kier molecular flexibility index (Phi) is 5.29. The maximum absolute atomic E-state index is 12.0. The molecule has 0 saturated carbocycles. The highest BCUT2D eigenvalue weighted by atomic mass is 79.9. The number of rotatable bonds is 4. The third-order valence-electron chi connectivity index (χ3n) is 2.81. The van der Waals surface area contributed by atoms with Gasteiger partial charge in [-0.1, -0.05) is 0 Å². The summed E-state index contributed by atoms with van der Waals surface area (Å²) in [4.78, 5) is 34.6. The van der Waals surface area contributed by atoms with Gasteiger partial charge in [0.25, 0.3) is 17.5 Å². The van der Waals surface area contributed by atoms with E-state index in [1.807, 2.05) is 0 Å². The molecule has 1 aromatic carbocycles. The second-order valence-electron chi connectivity index (χ2n) is 4.25. The number of carbonyl (C=O) groups is 2. The number of amides is 2. The maximum atomic E-state index is 12.0. The molecule has 0 aliphatic rings. The van der Waals surface area contributed by atoms with E-state index in [0.29, 0.717) is 10.6 Å². The molecule has 0 spiro atoms. The van der Waals surface area contributed by atoms with Gasteiger partial charge in [0.05, 0.1) is 13.6 Å². The number of benzene rings is 1. The zero-order valence-corrected chi connectivity index (χ0v) is 14.2. The van der Waals surface area contributed by atoms with Crippen LogP contribution in [0.3, 0.4) is 0 Å². The van der Waals surface area contributed by atoms with Crippen LogP contribution in [0.25, 0.3) is 0 Å². The Labute approximate surface area is 143 Å². The first kappa shape index (κ1) is 16.9. The number of hydrogen-bond donors (Lipinski definition) is 3. The van der Waals surface area contributed by atoms with Crippen LogP contribution >= 0.6 is 27.3 Å². The van der Waals surface area contributed by atoms with Gasteiger partial charge in [0.15, 0.2) is 0 Å². The first-order valence-corrected chi connectivity index (χ1v) is 7.85. The lowest BCUT2D eigenvalue weighted by atomic mass is 10.1. The molecule has 0 aliphatic heterocycles. The fourth-order valence-electron chi connectivity index (χ4n) is 1.72. The minimum atomic E-state index is -0.653. The van der Waals surface area contributed by atoms with Crippen LogP contribution in [0.4, 0.5) is 11.4 Å². The second kappa shape index (κ2) is 7.20. The van der Waals surface area contributed by atoms with Crippen molar-refractivity contribution in [2.75, 3.05) is 12.4 Å². The highest BCUT2D eigenvalue weighted by Crippen LogP contribution is 2.25. The van der Waals surface area contributed by atoms with Crippen LogP contribution in [0.15, 0.2) is 34.1 Å². The molecule has 0 saturated heterocycles. The molecule has 10 heteroatoms. The van der Waals surface area contributed by atoms with Crippen LogP contribution in [0.1, 0.15) is 20.0 Å². The van der Waals surface area contributed by atoms with Gasteiger partial charge in [0.2, 0.25) is 0 Å². The number of anilines is 1. The van der Waals surface area contributed by atoms with Crippen molar-refractivity contribution in [1.82, 2.24) is 10.9 Å². The summed E-state index contributed by atoms with van der Waals surface area (Å²) in [5.41, 5.74) is 4.59. The van der Waals surface area contributed by atoms with E-state index in [1.54, 1.807) is 19.2 Å². The van der Waals surface area contributed by atoms with Crippen molar-refractivity contribution in [2.45, 2.75) is 0 Å². The molecule has 0 radical (unpaired) electrons. The third kappa shape index (κ3) is 4.05. The average Bonchev–Trinajstić information content (AvgIpc) is 2.98. The molecule has 23 heavy (non-hydrogen) atoms. The topological polar surface area (TPSA) is 113 Å². The first-order chi connectivity index (χ1) is 10.9. The van der Waals surface area contributed by atoms with Gasteiger partial charge in [-0.3, -0.25) is 30.6 Å². The van der Waals surface area contributed by atoms with Crippen molar-refractivity contribution in [1.29, 1.82) is 0 Å². The number of nitro benzene ring substituents is 1. The highest BCUT2D eigenvalue weighted by Gasteiger charge is 2.17. The van der Waals surface area contributed by atoms with Crippen LogP contribution in [0, 0.1) is 10.1 Å². The molecule has 1 heterocycles. The Morgan fingerprint density at radius 2 is 1.87 bits per heavy atom. The van der Waals surface area contributed by atoms with Crippen LogP contribution in [0.2, 0.25) is 0 Å². The number of halogens is 1. The molecule has 0 aliphatic carbocycles. The lowest BCUT2D eigenvalue weighted by Gasteiger charge is -2.07. The summed E-state index contributed by atoms with van der Waals surface area (Å²) in [6.07, 6.45) is 0. The Balaban J connectivity index is 2.07. The number of thiophene rings is 1. The van der Waals surface area contributed by atoms with Gasteiger partial charge >= 0.3 is 0 Å². The molecule has 2 rings (SSSR count). The summed E-state index contributed by atoms with van der Waals surface area (Å²) < 4.78 is 0.784. The summed E-state index contributed by atoms with van der Waals surface area (Å²) in [5, 5.41) is 13.6.